The Labute approximate surface area is 198 Å². The number of amides is 1. The van der Waals surface area contributed by atoms with Crippen LogP contribution >= 0.6 is 11.3 Å². The molecule has 1 aromatic carbocycles. The molecule has 33 heavy (non-hydrogen) atoms. The molecule has 2 aromatic rings. The van der Waals surface area contributed by atoms with Gasteiger partial charge in [-0.2, -0.15) is 0 Å². The van der Waals surface area contributed by atoms with Gasteiger partial charge >= 0.3 is 5.97 Å². The molecule has 1 N–H and O–H groups in total. The molecule has 0 unspecified atom stereocenters. The zero-order valence-corrected chi connectivity index (χ0v) is 20.0. The Morgan fingerprint density at radius 3 is 2.39 bits per heavy atom. The van der Waals surface area contributed by atoms with E-state index < -0.39 is 5.97 Å². The normalized spacial score (nSPS) is 10.5. The van der Waals surface area contributed by atoms with Crippen LogP contribution in [0.25, 0.3) is 0 Å². The summed E-state index contributed by atoms with van der Waals surface area (Å²) in [5.74, 6) is -0.433. The van der Waals surface area contributed by atoms with Crippen LogP contribution in [0.1, 0.15) is 70.9 Å². The summed E-state index contributed by atoms with van der Waals surface area (Å²) in [7, 11) is 0. The summed E-state index contributed by atoms with van der Waals surface area (Å²) in [6.07, 6.45) is 3.79. The van der Waals surface area contributed by atoms with Gasteiger partial charge in [-0.25, -0.2) is 0 Å². The highest BCUT2D eigenvalue weighted by atomic mass is 32.1. The Morgan fingerprint density at radius 2 is 1.70 bits per heavy atom. The number of Topliss-reactive ketones (excluding diaryl/α,β-unsaturated/α-hetero) is 2. The highest BCUT2D eigenvalue weighted by Gasteiger charge is 2.14. The molecule has 0 saturated carbocycles. The lowest BCUT2D eigenvalue weighted by molar-refractivity contribution is -0.142. The van der Waals surface area contributed by atoms with Gasteiger partial charge in [0.15, 0.2) is 12.4 Å². The molecule has 8 heteroatoms. The average Bonchev–Trinajstić information content (AvgIpc) is 3.28. The van der Waals surface area contributed by atoms with Crippen LogP contribution in [0, 0.1) is 0 Å². The lowest BCUT2D eigenvalue weighted by atomic mass is 10.1. The number of ether oxygens (including phenoxy) is 2. The molecular weight excluding hydrogens is 442 g/mol. The summed E-state index contributed by atoms with van der Waals surface area (Å²) < 4.78 is 10.7. The lowest BCUT2D eigenvalue weighted by Crippen LogP contribution is -2.22. The van der Waals surface area contributed by atoms with E-state index in [0.717, 1.165) is 24.1 Å². The third-order valence-electron chi connectivity index (χ3n) is 4.80. The van der Waals surface area contributed by atoms with Gasteiger partial charge in [0.2, 0.25) is 11.7 Å². The molecule has 0 aliphatic carbocycles. The van der Waals surface area contributed by atoms with Gasteiger partial charge < -0.3 is 14.8 Å². The fourth-order valence-electron chi connectivity index (χ4n) is 2.95. The number of benzene rings is 1. The van der Waals surface area contributed by atoms with Crippen molar-refractivity contribution in [3.63, 3.8) is 0 Å². The van der Waals surface area contributed by atoms with Crippen LogP contribution in [0.4, 0.5) is 0 Å². The molecule has 1 aromatic heterocycles. The number of hydrogen-bond acceptors (Lipinski definition) is 7. The number of carbonyl (C=O) groups is 4. The molecule has 0 saturated heterocycles. The van der Waals surface area contributed by atoms with E-state index in [1.165, 1.54) is 18.3 Å². The maximum absolute atomic E-state index is 12.3. The van der Waals surface area contributed by atoms with Crippen molar-refractivity contribution in [3.8, 4) is 5.75 Å². The fourth-order valence-corrected chi connectivity index (χ4v) is 3.88. The van der Waals surface area contributed by atoms with Crippen molar-refractivity contribution in [2.45, 2.75) is 52.4 Å². The van der Waals surface area contributed by atoms with Gasteiger partial charge in [0, 0.05) is 30.3 Å². The number of esters is 1. The molecule has 0 fully saturated rings. The van der Waals surface area contributed by atoms with E-state index in [9.17, 15) is 19.2 Å². The Balaban J connectivity index is 1.69. The van der Waals surface area contributed by atoms with Crippen molar-refractivity contribution in [1.82, 2.24) is 5.32 Å². The lowest BCUT2D eigenvalue weighted by Gasteiger charge is -2.07. The highest BCUT2D eigenvalue weighted by molar-refractivity contribution is 7.14. The molecule has 0 bridgehead atoms. The van der Waals surface area contributed by atoms with Crippen molar-refractivity contribution < 1.29 is 28.7 Å². The van der Waals surface area contributed by atoms with Crippen LogP contribution in [-0.2, 0) is 20.7 Å². The quantitative estimate of drug-likeness (QED) is 0.234. The van der Waals surface area contributed by atoms with Crippen molar-refractivity contribution >= 4 is 34.8 Å². The van der Waals surface area contributed by atoms with E-state index in [2.05, 4.69) is 12.2 Å². The first-order valence-electron chi connectivity index (χ1n) is 11.2. The number of rotatable bonds is 15. The predicted octanol–water partition coefficient (Wildman–Crippen LogP) is 4.38. The first-order valence-corrected chi connectivity index (χ1v) is 12.0. The number of carbonyl (C=O) groups excluding carboxylic acids is 4. The number of hydrogen-bond donors (Lipinski definition) is 1. The summed E-state index contributed by atoms with van der Waals surface area (Å²) in [6.45, 7) is 4.37. The zero-order valence-electron chi connectivity index (χ0n) is 19.2. The van der Waals surface area contributed by atoms with Crippen LogP contribution in [0.2, 0.25) is 0 Å². The maximum atomic E-state index is 12.3. The zero-order chi connectivity index (χ0) is 24.1. The monoisotopic (exact) mass is 473 g/mol. The number of nitrogens with one attached hydrogen (secondary N) is 1. The van der Waals surface area contributed by atoms with Crippen molar-refractivity contribution in [3.05, 3.63) is 51.7 Å². The molecule has 1 amide bonds. The molecule has 0 aliphatic heterocycles. The topological polar surface area (TPSA) is 98.8 Å². The minimum Gasteiger partial charge on any atom is -0.494 e. The minimum absolute atomic E-state index is 0.00995. The van der Waals surface area contributed by atoms with E-state index >= 15 is 0 Å². The summed E-state index contributed by atoms with van der Waals surface area (Å²) in [5, 5.41) is 2.70. The van der Waals surface area contributed by atoms with Gasteiger partial charge in [0.05, 0.1) is 17.9 Å². The Hall–Kier alpha value is -3.00. The van der Waals surface area contributed by atoms with E-state index in [4.69, 9.17) is 9.47 Å². The predicted molar refractivity (Wildman–Crippen MR) is 127 cm³/mol. The van der Waals surface area contributed by atoms with Crippen molar-refractivity contribution in [1.29, 1.82) is 0 Å². The van der Waals surface area contributed by atoms with Crippen LogP contribution in [-0.4, -0.2) is 43.2 Å². The van der Waals surface area contributed by atoms with Gasteiger partial charge in [0.25, 0.3) is 0 Å². The minimum atomic E-state index is -0.588. The highest BCUT2D eigenvalue weighted by Crippen LogP contribution is 2.18. The summed E-state index contributed by atoms with van der Waals surface area (Å²) in [5.41, 5.74) is 0.505. The molecule has 0 radical (unpaired) electrons. The summed E-state index contributed by atoms with van der Waals surface area (Å²) in [6, 6.07) is 10.4. The third kappa shape index (κ3) is 9.99. The number of unbranched alkanes of at least 4 members (excludes halogenated alkanes) is 2. The first kappa shape index (κ1) is 26.3. The fraction of sp³-hybridized carbons (Fsp3) is 0.440. The molecule has 2 rings (SSSR count). The summed E-state index contributed by atoms with van der Waals surface area (Å²) >= 11 is 1.31. The molecule has 178 valence electrons. The Bertz CT molecular complexity index is 935. The molecular formula is C25H31NO6S. The average molecular weight is 474 g/mol. The van der Waals surface area contributed by atoms with Crippen LogP contribution in [0.5, 0.6) is 5.75 Å². The van der Waals surface area contributed by atoms with Crippen molar-refractivity contribution in [2.75, 3.05) is 19.8 Å². The van der Waals surface area contributed by atoms with Gasteiger partial charge in [-0.3, -0.25) is 19.2 Å². The van der Waals surface area contributed by atoms with E-state index in [-0.39, 0.29) is 36.9 Å². The number of ketones is 2. The first-order chi connectivity index (χ1) is 15.9. The largest absolute Gasteiger partial charge is 0.494 e. The summed E-state index contributed by atoms with van der Waals surface area (Å²) in [4.78, 5) is 48.9. The number of thiophene rings is 1. The molecule has 1 heterocycles. The molecule has 0 aliphatic rings. The van der Waals surface area contributed by atoms with E-state index in [1.807, 2.05) is 6.07 Å². The van der Waals surface area contributed by atoms with Crippen molar-refractivity contribution in [2.24, 2.45) is 0 Å². The van der Waals surface area contributed by atoms with E-state index in [0.29, 0.717) is 35.8 Å². The van der Waals surface area contributed by atoms with Crippen LogP contribution in [0.3, 0.4) is 0 Å². The Morgan fingerprint density at radius 1 is 0.939 bits per heavy atom. The van der Waals surface area contributed by atoms with Gasteiger partial charge in [-0.05, 0) is 49.2 Å². The smallest absolute Gasteiger partial charge is 0.306 e. The van der Waals surface area contributed by atoms with Gasteiger partial charge in [-0.1, -0.05) is 19.8 Å². The van der Waals surface area contributed by atoms with E-state index in [1.54, 1.807) is 30.3 Å². The van der Waals surface area contributed by atoms with Gasteiger partial charge in [-0.15, -0.1) is 11.3 Å². The molecule has 0 spiro atoms. The Kier molecular flexibility index (Phi) is 11.3. The maximum Gasteiger partial charge on any atom is 0.306 e. The standard InChI is InChI=1S/C25H31NO6S/c1-3-4-5-16-31-20-8-6-19(7-9-20)22(28)11-13-25(30)32-17-23(29)24-12-10-21(33-24)14-15-26-18(2)27/h6-10,12H,3-5,11,13-17H2,1-2H3,(H,26,27). The second kappa shape index (κ2) is 14.2. The van der Waals surface area contributed by atoms with Crippen LogP contribution in [0.15, 0.2) is 36.4 Å². The van der Waals surface area contributed by atoms with Crippen LogP contribution < -0.4 is 10.1 Å². The third-order valence-corrected chi connectivity index (χ3v) is 5.98. The SMILES string of the molecule is CCCCCOc1ccc(C(=O)CCC(=O)OCC(=O)c2ccc(CCNC(C)=O)s2)cc1. The second-order valence-electron chi connectivity index (χ2n) is 7.59. The second-order valence-corrected chi connectivity index (χ2v) is 8.75. The van der Waals surface area contributed by atoms with Gasteiger partial charge in [0.1, 0.15) is 5.75 Å². The molecule has 7 nitrogen and oxygen atoms in total. The molecule has 0 atom stereocenters.